The molecule has 0 saturated heterocycles. The molecule has 23 heavy (non-hydrogen) atoms. The standard InChI is InChI=1S/C14H13N3O5S/c1-8-7-11(16-22-8)15-14(19)12-13(18)9-5-3-4-6-10(9)23(20,21)17(12)2/h3-7,12H,1-2H3,(H,15,16,19). The number of anilines is 1. The van der Waals surface area contributed by atoms with Crippen LogP contribution in [0.1, 0.15) is 16.1 Å². The number of likely N-dealkylation sites (N-methyl/N-ethyl adjacent to an activating group) is 1. The highest BCUT2D eigenvalue weighted by Gasteiger charge is 2.45. The van der Waals surface area contributed by atoms with E-state index in [0.717, 1.165) is 4.31 Å². The second kappa shape index (κ2) is 5.28. The monoisotopic (exact) mass is 335 g/mol. The second-order valence-corrected chi connectivity index (χ2v) is 7.06. The van der Waals surface area contributed by atoms with Gasteiger partial charge in [0.05, 0.1) is 4.90 Å². The summed E-state index contributed by atoms with van der Waals surface area (Å²) >= 11 is 0. The van der Waals surface area contributed by atoms with Crippen molar-refractivity contribution < 1.29 is 22.5 Å². The summed E-state index contributed by atoms with van der Waals surface area (Å²) in [5.74, 6) is -0.786. The summed E-state index contributed by atoms with van der Waals surface area (Å²) in [5, 5.41) is 5.99. The van der Waals surface area contributed by atoms with Gasteiger partial charge in [0.2, 0.25) is 10.0 Å². The summed E-state index contributed by atoms with van der Waals surface area (Å²) < 4.78 is 30.5. The van der Waals surface area contributed by atoms with Crippen LogP contribution in [0.5, 0.6) is 0 Å². The molecule has 1 N–H and O–H groups in total. The van der Waals surface area contributed by atoms with Crippen LogP contribution in [-0.4, -0.2) is 42.7 Å². The summed E-state index contributed by atoms with van der Waals surface area (Å²) in [6.45, 7) is 1.64. The minimum atomic E-state index is -3.93. The molecule has 1 atom stereocenters. The molecule has 1 aromatic carbocycles. The number of fused-ring (bicyclic) bond motifs is 1. The van der Waals surface area contributed by atoms with Gasteiger partial charge in [0, 0.05) is 18.7 Å². The molecule has 2 aromatic rings. The lowest BCUT2D eigenvalue weighted by Crippen LogP contribution is -2.53. The van der Waals surface area contributed by atoms with Crippen LogP contribution in [0.3, 0.4) is 0 Å². The minimum absolute atomic E-state index is 0.00193. The number of ketones is 1. The zero-order chi connectivity index (χ0) is 16.8. The Balaban J connectivity index is 2.00. The normalized spacial score (nSPS) is 20.1. The molecule has 0 fully saturated rings. The Kier molecular flexibility index (Phi) is 3.53. The molecule has 1 aliphatic rings. The van der Waals surface area contributed by atoms with E-state index in [0.29, 0.717) is 5.76 Å². The van der Waals surface area contributed by atoms with E-state index in [1.165, 1.54) is 31.3 Å². The molecule has 1 unspecified atom stereocenters. The van der Waals surface area contributed by atoms with E-state index in [4.69, 9.17) is 4.52 Å². The fourth-order valence-corrected chi connectivity index (χ4v) is 3.88. The first-order chi connectivity index (χ1) is 10.8. The number of nitrogens with zero attached hydrogens (tertiary/aromatic N) is 2. The van der Waals surface area contributed by atoms with Gasteiger partial charge in [0.25, 0.3) is 5.91 Å². The van der Waals surface area contributed by atoms with Crippen molar-refractivity contribution in [3.05, 3.63) is 41.7 Å². The highest BCUT2D eigenvalue weighted by molar-refractivity contribution is 7.89. The molecule has 2 heterocycles. The molecule has 9 heteroatoms. The lowest BCUT2D eigenvalue weighted by Gasteiger charge is -2.30. The fraction of sp³-hybridized carbons (Fsp3) is 0.214. The lowest BCUT2D eigenvalue weighted by atomic mass is 10.0. The van der Waals surface area contributed by atoms with Crippen molar-refractivity contribution in [1.82, 2.24) is 9.46 Å². The van der Waals surface area contributed by atoms with Gasteiger partial charge in [-0.1, -0.05) is 17.3 Å². The van der Waals surface area contributed by atoms with Gasteiger partial charge in [0.15, 0.2) is 17.6 Å². The van der Waals surface area contributed by atoms with Gasteiger partial charge >= 0.3 is 0 Å². The molecule has 1 amide bonds. The Morgan fingerprint density at radius 3 is 2.70 bits per heavy atom. The average Bonchev–Trinajstić information content (AvgIpc) is 2.91. The van der Waals surface area contributed by atoms with Gasteiger partial charge in [-0.05, 0) is 19.1 Å². The molecule has 0 bridgehead atoms. The molecule has 0 saturated carbocycles. The smallest absolute Gasteiger partial charge is 0.252 e. The number of hydrogen-bond acceptors (Lipinski definition) is 6. The molecule has 1 aliphatic heterocycles. The number of carbonyl (C=O) groups excluding carboxylic acids is 2. The van der Waals surface area contributed by atoms with Crippen LogP contribution >= 0.6 is 0 Å². The number of amides is 1. The molecule has 8 nitrogen and oxygen atoms in total. The van der Waals surface area contributed by atoms with Crippen molar-refractivity contribution in [2.45, 2.75) is 17.9 Å². The van der Waals surface area contributed by atoms with Crippen LogP contribution in [0, 0.1) is 6.92 Å². The Labute approximate surface area is 132 Å². The number of rotatable bonds is 2. The van der Waals surface area contributed by atoms with Crippen LogP contribution in [0.2, 0.25) is 0 Å². The van der Waals surface area contributed by atoms with E-state index in [9.17, 15) is 18.0 Å². The summed E-state index contributed by atoms with van der Waals surface area (Å²) in [4.78, 5) is 24.8. The first-order valence-electron chi connectivity index (χ1n) is 6.68. The van der Waals surface area contributed by atoms with Crippen molar-refractivity contribution in [1.29, 1.82) is 0 Å². The van der Waals surface area contributed by atoms with E-state index in [-0.39, 0.29) is 16.3 Å². The fourth-order valence-electron chi connectivity index (χ4n) is 2.41. The minimum Gasteiger partial charge on any atom is -0.360 e. The number of sulfonamides is 1. The van der Waals surface area contributed by atoms with Crippen LogP contribution in [0.25, 0.3) is 0 Å². The van der Waals surface area contributed by atoms with Gasteiger partial charge < -0.3 is 9.84 Å². The number of Topliss-reactive ketones (excluding diaryl/α,β-unsaturated/α-hetero) is 1. The van der Waals surface area contributed by atoms with Crippen molar-refractivity contribution in [3.63, 3.8) is 0 Å². The SMILES string of the molecule is Cc1cc(NC(=O)C2C(=O)c3ccccc3S(=O)(=O)N2C)no1. The maximum absolute atomic E-state index is 12.5. The van der Waals surface area contributed by atoms with Gasteiger partial charge in [0.1, 0.15) is 5.76 Å². The quantitative estimate of drug-likeness (QED) is 0.813. The van der Waals surface area contributed by atoms with E-state index >= 15 is 0 Å². The number of aromatic nitrogens is 1. The van der Waals surface area contributed by atoms with Crippen molar-refractivity contribution in [2.75, 3.05) is 12.4 Å². The van der Waals surface area contributed by atoms with Gasteiger partial charge in [-0.2, -0.15) is 4.31 Å². The van der Waals surface area contributed by atoms with Crippen LogP contribution in [0.15, 0.2) is 39.8 Å². The van der Waals surface area contributed by atoms with Crippen LogP contribution in [0.4, 0.5) is 5.82 Å². The first kappa shape index (κ1) is 15.4. The maximum atomic E-state index is 12.5. The number of benzene rings is 1. The van der Waals surface area contributed by atoms with Gasteiger partial charge in [-0.3, -0.25) is 9.59 Å². The van der Waals surface area contributed by atoms with Crippen LogP contribution < -0.4 is 5.32 Å². The third kappa shape index (κ3) is 2.43. The molecule has 1 aromatic heterocycles. The highest BCUT2D eigenvalue weighted by Crippen LogP contribution is 2.29. The summed E-state index contributed by atoms with van der Waals surface area (Å²) in [6, 6.07) is 5.78. The van der Waals surface area contributed by atoms with Gasteiger partial charge in [-0.15, -0.1) is 0 Å². The molecule has 120 valence electrons. The highest BCUT2D eigenvalue weighted by atomic mass is 32.2. The van der Waals surface area contributed by atoms with Crippen molar-refractivity contribution in [3.8, 4) is 0 Å². The van der Waals surface area contributed by atoms with E-state index in [2.05, 4.69) is 10.5 Å². The summed E-state index contributed by atoms with van der Waals surface area (Å²) in [7, 11) is -2.73. The van der Waals surface area contributed by atoms with E-state index in [1.54, 1.807) is 13.0 Å². The molecular formula is C14H13N3O5S. The third-order valence-corrected chi connectivity index (χ3v) is 5.43. The molecule has 3 rings (SSSR count). The molecular weight excluding hydrogens is 322 g/mol. The van der Waals surface area contributed by atoms with Crippen molar-refractivity contribution >= 4 is 27.5 Å². The van der Waals surface area contributed by atoms with E-state index < -0.39 is 27.8 Å². The molecule has 0 spiro atoms. The maximum Gasteiger partial charge on any atom is 0.252 e. The first-order valence-corrected chi connectivity index (χ1v) is 8.12. The zero-order valence-corrected chi connectivity index (χ0v) is 13.1. The molecule has 0 radical (unpaired) electrons. The number of hydrogen-bond donors (Lipinski definition) is 1. The Morgan fingerprint density at radius 1 is 1.35 bits per heavy atom. The Hall–Kier alpha value is -2.52. The largest absolute Gasteiger partial charge is 0.360 e. The Morgan fingerprint density at radius 2 is 2.04 bits per heavy atom. The lowest BCUT2D eigenvalue weighted by molar-refractivity contribution is -0.118. The predicted molar refractivity (Wildman–Crippen MR) is 79.4 cm³/mol. The number of carbonyl (C=O) groups is 2. The van der Waals surface area contributed by atoms with Crippen molar-refractivity contribution in [2.24, 2.45) is 0 Å². The number of aryl methyl sites for hydroxylation is 1. The third-order valence-electron chi connectivity index (χ3n) is 3.55. The average molecular weight is 335 g/mol. The zero-order valence-electron chi connectivity index (χ0n) is 12.3. The molecule has 0 aliphatic carbocycles. The second-order valence-electron chi connectivity index (χ2n) is 5.10. The summed E-state index contributed by atoms with van der Waals surface area (Å²) in [6.07, 6.45) is 0. The van der Waals surface area contributed by atoms with Crippen LogP contribution in [-0.2, 0) is 14.8 Å². The van der Waals surface area contributed by atoms with Gasteiger partial charge in [-0.25, -0.2) is 8.42 Å². The topological polar surface area (TPSA) is 110 Å². The van der Waals surface area contributed by atoms with E-state index in [1.807, 2.05) is 0 Å². The number of nitrogens with one attached hydrogen (secondary N) is 1. The summed E-state index contributed by atoms with van der Waals surface area (Å²) in [5.41, 5.74) is 0.00193. The predicted octanol–water partition coefficient (Wildman–Crippen LogP) is 0.807. The Bertz CT molecular complexity index is 903.